The van der Waals surface area contributed by atoms with Crippen molar-refractivity contribution in [2.24, 2.45) is 5.92 Å². The first-order chi connectivity index (χ1) is 15.0. The van der Waals surface area contributed by atoms with Gasteiger partial charge < -0.3 is 14.4 Å². The molecule has 5 heteroatoms. The van der Waals surface area contributed by atoms with Crippen molar-refractivity contribution in [1.29, 1.82) is 0 Å². The first-order valence-corrected chi connectivity index (χ1v) is 12.7. The Kier molecular flexibility index (Phi) is 6.83. The van der Waals surface area contributed by atoms with Gasteiger partial charge in [0.1, 0.15) is 11.5 Å². The predicted molar refractivity (Wildman–Crippen MR) is 136 cm³/mol. The van der Waals surface area contributed by atoms with Crippen LogP contribution in [0.4, 0.5) is 11.4 Å². The number of rotatable bonds is 8. The van der Waals surface area contributed by atoms with E-state index < -0.39 is 8.96 Å². The van der Waals surface area contributed by atoms with Crippen molar-refractivity contribution in [2.45, 2.75) is 48.5 Å². The first-order valence-electron chi connectivity index (χ1n) is 11.1. The Morgan fingerprint density at radius 1 is 1.00 bits per heavy atom. The molecule has 1 aliphatic carbocycles. The van der Waals surface area contributed by atoms with Crippen LogP contribution in [-0.2, 0) is 0 Å². The van der Waals surface area contributed by atoms with Gasteiger partial charge in [0.2, 0.25) is 4.51 Å². The Morgan fingerprint density at radius 3 is 2.48 bits per heavy atom. The summed E-state index contributed by atoms with van der Waals surface area (Å²) in [5.74, 6) is 2.36. The van der Waals surface area contributed by atoms with E-state index in [0.29, 0.717) is 5.92 Å². The van der Waals surface area contributed by atoms with E-state index in [1.165, 1.54) is 19.3 Å². The van der Waals surface area contributed by atoms with Gasteiger partial charge in [0.25, 0.3) is 0 Å². The topological polar surface area (TPSA) is 21.7 Å². The quantitative estimate of drug-likeness (QED) is 0.246. The number of benzene rings is 2. The molecule has 0 fully saturated rings. The molecule has 0 radical (unpaired) electrons. The summed E-state index contributed by atoms with van der Waals surface area (Å²) in [6.45, 7) is 5.26. The third kappa shape index (κ3) is 4.31. The molecule has 2 aromatic rings. The molecule has 0 saturated carbocycles. The van der Waals surface area contributed by atoms with Gasteiger partial charge in [-0.25, -0.2) is 0 Å². The van der Waals surface area contributed by atoms with E-state index >= 15 is 0 Å². The zero-order chi connectivity index (χ0) is 21.9. The van der Waals surface area contributed by atoms with E-state index in [4.69, 9.17) is 9.47 Å². The number of fused-ring (bicyclic) bond motifs is 2. The maximum absolute atomic E-state index is 6.38. The van der Waals surface area contributed by atoms with Gasteiger partial charge in [-0.1, -0.05) is 73.3 Å². The van der Waals surface area contributed by atoms with E-state index in [2.05, 4.69) is 87.0 Å². The number of hydrogen-bond donors (Lipinski definition) is 0. The summed E-state index contributed by atoms with van der Waals surface area (Å²) in [6, 6.07) is 16.5. The Bertz CT molecular complexity index is 958. The number of unbranched alkanes of at least 4 members (excludes halogenated alkanes) is 1. The fraction of sp³-hybridized carbons (Fsp3) is 0.385. The molecule has 0 bridgehead atoms. The number of ether oxygens (including phenoxy) is 2. The highest BCUT2D eigenvalue weighted by atomic mass is 79.9. The molecule has 0 amide bonds. The molecule has 0 spiro atoms. The lowest BCUT2D eigenvalue weighted by atomic mass is 9.98. The van der Waals surface area contributed by atoms with E-state index in [9.17, 15) is 0 Å². The molecule has 1 heterocycles. The average molecular weight is 547 g/mol. The van der Waals surface area contributed by atoms with Gasteiger partial charge in [-0.3, -0.25) is 0 Å². The SMILES string of the molecule is CCCCC(CC)COc1ccc(N2c3ccccc3OC3(Br)C=CC=CC23Br)cc1. The molecular weight excluding hydrogens is 518 g/mol. The normalized spacial score (nSPS) is 24.8. The Morgan fingerprint density at radius 2 is 1.74 bits per heavy atom. The molecule has 3 unspecified atom stereocenters. The van der Waals surface area contributed by atoms with E-state index in [-0.39, 0.29) is 0 Å². The maximum atomic E-state index is 6.38. The minimum Gasteiger partial charge on any atom is -0.493 e. The molecule has 31 heavy (non-hydrogen) atoms. The van der Waals surface area contributed by atoms with Gasteiger partial charge >= 0.3 is 0 Å². The number of hydrogen-bond acceptors (Lipinski definition) is 3. The Hall–Kier alpha value is -1.72. The van der Waals surface area contributed by atoms with Gasteiger partial charge in [0, 0.05) is 5.69 Å². The second kappa shape index (κ2) is 9.41. The average Bonchev–Trinajstić information content (AvgIpc) is 2.78. The van der Waals surface area contributed by atoms with Gasteiger partial charge in [-0.2, -0.15) is 0 Å². The van der Waals surface area contributed by atoms with Crippen LogP contribution in [0.5, 0.6) is 11.5 Å². The predicted octanol–water partition coefficient (Wildman–Crippen LogP) is 8.12. The highest BCUT2D eigenvalue weighted by Gasteiger charge is 2.56. The molecular formula is C26H29Br2NO2. The van der Waals surface area contributed by atoms with Crippen molar-refractivity contribution in [2.75, 3.05) is 11.5 Å². The zero-order valence-corrected chi connectivity index (χ0v) is 21.2. The molecule has 164 valence electrons. The van der Waals surface area contributed by atoms with Gasteiger partial charge in [0.05, 0.1) is 12.3 Å². The highest BCUT2D eigenvalue weighted by molar-refractivity contribution is 9.13. The Labute approximate surface area is 202 Å². The Balaban J connectivity index is 1.61. The van der Waals surface area contributed by atoms with E-state index in [1.807, 2.05) is 36.4 Å². The molecule has 2 aliphatic rings. The van der Waals surface area contributed by atoms with Crippen molar-refractivity contribution in [1.82, 2.24) is 0 Å². The number of allylic oxidation sites excluding steroid dienone is 2. The number of para-hydroxylation sites is 2. The van der Waals surface area contributed by atoms with Gasteiger partial charge in [-0.05, 0) is 76.8 Å². The lowest BCUT2D eigenvalue weighted by molar-refractivity contribution is 0.181. The third-order valence-corrected chi connectivity index (χ3v) is 8.80. The van der Waals surface area contributed by atoms with Crippen molar-refractivity contribution in [3.63, 3.8) is 0 Å². The smallest absolute Gasteiger partial charge is 0.218 e. The molecule has 1 aliphatic heterocycles. The summed E-state index contributed by atoms with van der Waals surface area (Å²) in [7, 11) is 0. The largest absolute Gasteiger partial charge is 0.493 e. The number of nitrogens with zero attached hydrogens (tertiary/aromatic N) is 1. The van der Waals surface area contributed by atoms with Crippen LogP contribution in [0, 0.1) is 5.92 Å². The van der Waals surface area contributed by atoms with Gasteiger partial charge in [-0.15, -0.1) is 0 Å². The summed E-state index contributed by atoms with van der Waals surface area (Å²) in [6.07, 6.45) is 13.1. The second-order valence-corrected chi connectivity index (χ2v) is 10.6. The second-order valence-electron chi connectivity index (χ2n) is 8.16. The van der Waals surface area contributed by atoms with Crippen LogP contribution in [-0.4, -0.2) is 15.6 Å². The van der Waals surface area contributed by atoms with E-state index in [1.54, 1.807) is 0 Å². The summed E-state index contributed by atoms with van der Waals surface area (Å²) in [5, 5.41) is 0. The minimum absolute atomic E-state index is 0.612. The van der Waals surface area contributed by atoms with Gasteiger partial charge in [0.15, 0.2) is 4.45 Å². The van der Waals surface area contributed by atoms with Crippen molar-refractivity contribution in [3.8, 4) is 11.5 Å². The van der Waals surface area contributed by atoms with Crippen molar-refractivity contribution >= 4 is 43.2 Å². The number of anilines is 2. The fourth-order valence-corrected chi connectivity index (χ4v) is 5.52. The van der Waals surface area contributed by atoms with Crippen molar-refractivity contribution in [3.05, 3.63) is 72.8 Å². The fourth-order valence-electron chi connectivity index (χ4n) is 4.12. The van der Waals surface area contributed by atoms with Crippen LogP contribution in [0.15, 0.2) is 72.8 Å². The number of alkyl halides is 2. The molecule has 0 aromatic heterocycles. The van der Waals surface area contributed by atoms with Crippen LogP contribution < -0.4 is 14.4 Å². The minimum atomic E-state index is -0.730. The summed E-state index contributed by atoms with van der Waals surface area (Å²) in [4.78, 5) is 2.26. The van der Waals surface area contributed by atoms with Crippen molar-refractivity contribution < 1.29 is 9.47 Å². The molecule has 4 rings (SSSR count). The monoisotopic (exact) mass is 545 g/mol. The standard InChI is InChI=1S/C26H29Br2NO2/c1-3-5-10-20(4-2)19-30-22-15-13-21(14-16-22)29-23-11-6-7-12-24(23)31-26(28)18-9-8-17-25(26,29)27/h6-9,11-18,20H,3-5,10,19H2,1-2H3. The highest BCUT2D eigenvalue weighted by Crippen LogP contribution is 2.57. The molecule has 3 nitrogen and oxygen atoms in total. The lowest BCUT2D eigenvalue weighted by Gasteiger charge is -2.52. The summed E-state index contributed by atoms with van der Waals surface area (Å²) < 4.78 is 11.2. The van der Waals surface area contributed by atoms with Crippen LogP contribution in [0.25, 0.3) is 0 Å². The molecule has 0 saturated heterocycles. The van der Waals surface area contributed by atoms with Crippen LogP contribution in [0.1, 0.15) is 39.5 Å². The van der Waals surface area contributed by atoms with Crippen LogP contribution in [0.3, 0.4) is 0 Å². The van der Waals surface area contributed by atoms with Crippen LogP contribution in [0.2, 0.25) is 0 Å². The zero-order valence-electron chi connectivity index (χ0n) is 18.1. The summed E-state index contributed by atoms with van der Waals surface area (Å²) in [5.41, 5.74) is 2.07. The number of halogens is 2. The van der Waals surface area contributed by atoms with Crippen LogP contribution >= 0.6 is 31.9 Å². The molecule has 2 aromatic carbocycles. The molecule has 0 N–H and O–H groups in total. The first kappa shape index (κ1) is 22.5. The third-order valence-electron chi connectivity index (χ3n) is 6.03. The maximum Gasteiger partial charge on any atom is 0.218 e. The lowest BCUT2D eigenvalue weighted by Crippen LogP contribution is -2.60. The van der Waals surface area contributed by atoms with E-state index in [0.717, 1.165) is 35.9 Å². The molecule has 3 atom stereocenters. The summed E-state index contributed by atoms with van der Waals surface area (Å²) >= 11 is 7.84.